The first-order chi connectivity index (χ1) is 22.8. The lowest BCUT2D eigenvalue weighted by Gasteiger charge is -2.32. The number of hydrogen-bond donors (Lipinski definition) is 0. The molecule has 1 fully saturated rings. The second-order valence-electron chi connectivity index (χ2n) is 13.3. The van der Waals surface area contributed by atoms with E-state index in [-0.39, 0.29) is 0 Å². The Hall–Kier alpha value is -5.10. The van der Waals surface area contributed by atoms with Crippen LogP contribution in [-0.4, -0.2) is 18.3 Å². The Morgan fingerprint density at radius 1 is 0.468 bits per heavy atom. The Kier molecular flexibility index (Phi) is 7.05. The van der Waals surface area contributed by atoms with E-state index in [0.717, 1.165) is 44.5 Å². The molecule has 0 unspecified atom stereocenters. The summed E-state index contributed by atoms with van der Waals surface area (Å²) >= 11 is 0. The summed E-state index contributed by atoms with van der Waals surface area (Å²) in [4.78, 5) is 2.31. The average Bonchev–Trinajstić information content (AvgIpc) is 3.58. The molecule has 0 N–H and O–H groups in total. The van der Waals surface area contributed by atoms with E-state index in [9.17, 15) is 0 Å². The van der Waals surface area contributed by atoms with Crippen molar-refractivity contribution in [3.63, 3.8) is 0 Å². The molecule has 0 aliphatic carbocycles. The highest BCUT2D eigenvalue weighted by molar-refractivity contribution is 6.65. The minimum Gasteiger partial charge on any atom is -0.456 e. The Labute approximate surface area is 276 Å². The van der Waals surface area contributed by atoms with Crippen molar-refractivity contribution in [1.82, 2.24) is 0 Å². The smallest absolute Gasteiger partial charge is 0.456 e. The molecule has 0 amide bonds. The van der Waals surface area contributed by atoms with Gasteiger partial charge in [0.15, 0.2) is 0 Å². The van der Waals surface area contributed by atoms with Gasteiger partial charge in [-0.25, -0.2) is 0 Å². The number of hydrogen-bond acceptors (Lipinski definition) is 4. The Balaban J connectivity index is 1.23. The van der Waals surface area contributed by atoms with Gasteiger partial charge in [-0.05, 0) is 92.4 Å². The second kappa shape index (κ2) is 11.3. The number of nitrogens with zero attached hydrogens (tertiary/aromatic N) is 1. The molecule has 8 rings (SSSR count). The van der Waals surface area contributed by atoms with Crippen molar-refractivity contribution >= 4 is 51.6 Å². The van der Waals surface area contributed by atoms with Gasteiger partial charge >= 0.3 is 7.12 Å². The first-order valence-electron chi connectivity index (χ1n) is 16.2. The van der Waals surface area contributed by atoms with Crippen LogP contribution in [0.1, 0.15) is 27.7 Å². The zero-order valence-electron chi connectivity index (χ0n) is 27.1. The van der Waals surface area contributed by atoms with Gasteiger partial charge in [-0.2, -0.15) is 0 Å². The van der Waals surface area contributed by atoms with E-state index >= 15 is 0 Å². The lowest BCUT2D eigenvalue weighted by Crippen LogP contribution is -2.41. The van der Waals surface area contributed by atoms with Crippen LogP contribution < -0.4 is 10.4 Å². The first kappa shape index (κ1) is 29.3. The van der Waals surface area contributed by atoms with E-state index in [1.807, 2.05) is 18.2 Å². The molecular formula is C42H36BNO3. The van der Waals surface area contributed by atoms with Gasteiger partial charge < -0.3 is 18.6 Å². The molecule has 1 aliphatic heterocycles. The first-order valence-corrected chi connectivity index (χ1v) is 16.2. The van der Waals surface area contributed by atoms with Gasteiger partial charge in [0.2, 0.25) is 0 Å². The maximum Gasteiger partial charge on any atom is 0.498 e. The van der Waals surface area contributed by atoms with Crippen molar-refractivity contribution in [3.8, 4) is 22.3 Å². The predicted octanol–water partition coefficient (Wildman–Crippen LogP) is 10.7. The summed E-state index contributed by atoms with van der Waals surface area (Å²) in [5, 5.41) is 2.08. The molecule has 0 bridgehead atoms. The lowest BCUT2D eigenvalue weighted by atomic mass is 9.78. The Morgan fingerprint density at radius 2 is 0.957 bits per heavy atom. The summed E-state index contributed by atoms with van der Waals surface area (Å²) in [6, 6.07) is 51.2. The Bertz CT molecular complexity index is 2090. The maximum absolute atomic E-state index is 6.53. The molecule has 7 aromatic rings. The normalized spacial score (nSPS) is 15.4. The van der Waals surface area contributed by atoms with Crippen LogP contribution in [0.2, 0.25) is 0 Å². The summed E-state index contributed by atoms with van der Waals surface area (Å²) in [5.41, 5.74) is 9.59. The average molecular weight is 614 g/mol. The number of anilines is 3. The number of benzene rings is 6. The highest BCUT2D eigenvalue weighted by Crippen LogP contribution is 2.41. The fraction of sp³-hybridized carbons (Fsp3) is 0.143. The van der Waals surface area contributed by atoms with Crippen molar-refractivity contribution < 1.29 is 13.7 Å². The van der Waals surface area contributed by atoms with Crippen LogP contribution in [-0.2, 0) is 9.31 Å². The van der Waals surface area contributed by atoms with Crippen molar-refractivity contribution in [3.05, 3.63) is 146 Å². The molecule has 0 saturated carbocycles. The van der Waals surface area contributed by atoms with Gasteiger partial charge in [0.1, 0.15) is 11.2 Å². The molecule has 47 heavy (non-hydrogen) atoms. The number of furan rings is 1. The zero-order chi connectivity index (χ0) is 32.2. The van der Waals surface area contributed by atoms with Crippen LogP contribution in [0.5, 0.6) is 0 Å². The fourth-order valence-corrected chi connectivity index (χ4v) is 6.42. The molecule has 4 nitrogen and oxygen atoms in total. The van der Waals surface area contributed by atoms with E-state index in [2.05, 4.69) is 160 Å². The van der Waals surface area contributed by atoms with Gasteiger partial charge in [-0.15, -0.1) is 0 Å². The van der Waals surface area contributed by atoms with Crippen LogP contribution in [0.3, 0.4) is 0 Å². The topological polar surface area (TPSA) is 34.8 Å². The highest BCUT2D eigenvalue weighted by atomic mass is 16.7. The SMILES string of the molecule is CC1(C)OB(c2cccc3c2oc2ccc(N(c4ccc(-c5ccccc5)cc4)c4ccc(-c5ccccc5)cc4)cc23)OC1(C)C. The number of fused-ring (bicyclic) bond motifs is 3. The molecule has 0 radical (unpaired) electrons. The van der Waals surface area contributed by atoms with Crippen LogP contribution in [0.15, 0.2) is 150 Å². The van der Waals surface area contributed by atoms with Crippen LogP contribution >= 0.6 is 0 Å². The zero-order valence-corrected chi connectivity index (χ0v) is 27.1. The monoisotopic (exact) mass is 613 g/mol. The minimum atomic E-state index is -0.508. The third kappa shape index (κ3) is 5.22. The summed E-state index contributed by atoms with van der Waals surface area (Å²) < 4.78 is 19.4. The third-order valence-electron chi connectivity index (χ3n) is 9.74. The molecule has 0 spiro atoms. The largest absolute Gasteiger partial charge is 0.498 e. The van der Waals surface area contributed by atoms with E-state index in [1.54, 1.807) is 0 Å². The van der Waals surface area contributed by atoms with Crippen molar-refractivity contribution in [1.29, 1.82) is 0 Å². The lowest BCUT2D eigenvalue weighted by molar-refractivity contribution is 0.00578. The summed E-state index contributed by atoms with van der Waals surface area (Å²) in [7, 11) is -0.508. The molecule has 230 valence electrons. The van der Waals surface area contributed by atoms with Gasteiger partial charge in [-0.3, -0.25) is 0 Å². The molecular weight excluding hydrogens is 577 g/mol. The van der Waals surface area contributed by atoms with Crippen molar-refractivity contribution in [2.24, 2.45) is 0 Å². The standard InChI is InChI=1S/C42H36BNO3/c1-41(2)42(3,4)47-43(46-41)38-17-11-16-36-37-28-35(26-27-39(37)45-40(36)38)44(33-22-18-31(19-23-33)29-12-7-5-8-13-29)34-24-20-32(21-25-34)30-14-9-6-10-15-30/h5-28H,1-4H3. The molecule has 0 atom stereocenters. The van der Waals surface area contributed by atoms with E-state index in [4.69, 9.17) is 13.7 Å². The second-order valence-corrected chi connectivity index (χ2v) is 13.3. The summed E-state index contributed by atoms with van der Waals surface area (Å²) in [5.74, 6) is 0. The summed E-state index contributed by atoms with van der Waals surface area (Å²) in [6.45, 7) is 8.30. The van der Waals surface area contributed by atoms with Gasteiger partial charge in [0, 0.05) is 33.3 Å². The summed E-state index contributed by atoms with van der Waals surface area (Å²) in [6.07, 6.45) is 0. The van der Waals surface area contributed by atoms with Gasteiger partial charge in [0.25, 0.3) is 0 Å². The number of rotatable bonds is 6. The minimum absolute atomic E-state index is 0.439. The quantitative estimate of drug-likeness (QED) is 0.175. The molecule has 5 heteroatoms. The molecule has 1 aliphatic rings. The van der Waals surface area contributed by atoms with E-state index < -0.39 is 18.3 Å². The predicted molar refractivity (Wildman–Crippen MR) is 195 cm³/mol. The fourth-order valence-electron chi connectivity index (χ4n) is 6.42. The van der Waals surface area contributed by atoms with Crippen LogP contribution in [0.25, 0.3) is 44.2 Å². The maximum atomic E-state index is 6.53. The van der Waals surface area contributed by atoms with Gasteiger partial charge in [0.05, 0.1) is 11.2 Å². The molecule has 1 saturated heterocycles. The molecule has 1 aromatic heterocycles. The van der Waals surface area contributed by atoms with E-state index in [1.165, 1.54) is 22.3 Å². The van der Waals surface area contributed by atoms with Crippen LogP contribution in [0, 0.1) is 0 Å². The van der Waals surface area contributed by atoms with Crippen molar-refractivity contribution in [2.45, 2.75) is 38.9 Å². The molecule has 2 heterocycles. The van der Waals surface area contributed by atoms with E-state index in [0.29, 0.717) is 0 Å². The number of para-hydroxylation sites is 1. The van der Waals surface area contributed by atoms with Gasteiger partial charge in [-0.1, -0.05) is 103 Å². The highest BCUT2D eigenvalue weighted by Gasteiger charge is 2.52. The van der Waals surface area contributed by atoms with Crippen molar-refractivity contribution in [2.75, 3.05) is 4.90 Å². The third-order valence-corrected chi connectivity index (χ3v) is 9.74. The Morgan fingerprint density at radius 3 is 1.49 bits per heavy atom. The molecule has 6 aromatic carbocycles. The van der Waals surface area contributed by atoms with Crippen LogP contribution in [0.4, 0.5) is 17.1 Å².